The van der Waals surface area contributed by atoms with Crippen LogP contribution in [0.2, 0.25) is 0 Å². The van der Waals surface area contributed by atoms with Crippen LogP contribution in [0.15, 0.2) is 9.72 Å². The van der Waals surface area contributed by atoms with Crippen LogP contribution in [-0.4, -0.2) is 41.7 Å². The minimum absolute atomic E-state index is 0.0355. The van der Waals surface area contributed by atoms with Crippen molar-refractivity contribution < 1.29 is 9.84 Å². The van der Waals surface area contributed by atoms with Gasteiger partial charge in [0.15, 0.2) is 4.34 Å². The molecule has 2 unspecified atom stereocenters. The molecule has 6 heteroatoms. The number of thiazole rings is 1. The van der Waals surface area contributed by atoms with Gasteiger partial charge in [0.25, 0.3) is 0 Å². The van der Waals surface area contributed by atoms with Crippen molar-refractivity contribution in [2.24, 2.45) is 5.73 Å². The van der Waals surface area contributed by atoms with Crippen LogP contribution in [-0.2, 0) is 4.74 Å². The Morgan fingerprint density at radius 2 is 2.47 bits per heavy atom. The van der Waals surface area contributed by atoms with Gasteiger partial charge in [-0.15, -0.1) is 11.3 Å². The maximum atomic E-state index is 9.21. The van der Waals surface area contributed by atoms with E-state index in [-0.39, 0.29) is 17.9 Å². The Bertz CT molecular complexity index is 293. The number of aryl methyl sites for hydroxylation is 1. The molecule has 0 spiro atoms. The van der Waals surface area contributed by atoms with Crippen LogP contribution in [0.1, 0.15) is 5.69 Å². The zero-order valence-corrected chi connectivity index (χ0v) is 10.5. The Kier molecular flexibility index (Phi) is 5.55. The SMILES string of the molecule is COCC(N)C(CO)Sc1nc(C)cs1. The summed E-state index contributed by atoms with van der Waals surface area (Å²) in [5.74, 6) is 0. The summed E-state index contributed by atoms with van der Waals surface area (Å²) in [6, 6.07) is -0.172. The van der Waals surface area contributed by atoms with Crippen molar-refractivity contribution in [3.05, 3.63) is 11.1 Å². The first-order chi connectivity index (χ1) is 7.17. The summed E-state index contributed by atoms with van der Waals surface area (Å²) in [4.78, 5) is 4.31. The monoisotopic (exact) mass is 248 g/mol. The largest absolute Gasteiger partial charge is 0.395 e. The fraction of sp³-hybridized carbons (Fsp3) is 0.667. The standard InChI is InChI=1S/C9H16N2O2S2/c1-6-5-14-9(11-6)15-8(3-12)7(10)4-13-2/h5,7-8,12H,3-4,10H2,1-2H3. The molecule has 0 fully saturated rings. The molecule has 0 aliphatic heterocycles. The third kappa shape index (κ3) is 4.08. The molecule has 3 N–H and O–H groups in total. The maximum absolute atomic E-state index is 9.21. The normalized spacial score (nSPS) is 15.2. The van der Waals surface area contributed by atoms with Gasteiger partial charge >= 0.3 is 0 Å². The lowest BCUT2D eigenvalue weighted by Gasteiger charge is -2.19. The highest BCUT2D eigenvalue weighted by Gasteiger charge is 2.19. The van der Waals surface area contributed by atoms with Crippen molar-refractivity contribution in [1.82, 2.24) is 4.98 Å². The molecule has 1 aromatic heterocycles. The summed E-state index contributed by atoms with van der Waals surface area (Å²) in [6.45, 7) is 2.43. The number of ether oxygens (including phenoxy) is 1. The number of hydrogen-bond donors (Lipinski definition) is 2. The lowest BCUT2D eigenvalue weighted by molar-refractivity contribution is 0.167. The Hall–Kier alpha value is -0.140. The molecular weight excluding hydrogens is 232 g/mol. The first-order valence-electron chi connectivity index (χ1n) is 4.61. The van der Waals surface area contributed by atoms with Crippen LogP contribution < -0.4 is 5.73 Å². The van der Waals surface area contributed by atoms with Gasteiger partial charge in [-0.2, -0.15) is 0 Å². The molecular formula is C9H16N2O2S2. The minimum atomic E-state index is -0.172. The second kappa shape index (κ2) is 6.44. The number of hydrogen-bond acceptors (Lipinski definition) is 6. The molecule has 0 aliphatic carbocycles. The third-order valence-corrected chi connectivity index (χ3v) is 4.29. The molecule has 1 aromatic rings. The highest BCUT2D eigenvalue weighted by Crippen LogP contribution is 2.27. The van der Waals surface area contributed by atoms with E-state index in [1.165, 1.54) is 11.8 Å². The van der Waals surface area contributed by atoms with Gasteiger partial charge in [-0.1, -0.05) is 11.8 Å². The number of aliphatic hydroxyl groups is 1. The van der Waals surface area contributed by atoms with Crippen LogP contribution in [0.3, 0.4) is 0 Å². The average Bonchev–Trinajstić information content (AvgIpc) is 2.61. The van der Waals surface area contributed by atoms with E-state index < -0.39 is 0 Å². The Morgan fingerprint density at radius 1 is 1.73 bits per heavy atom. The van der Waals surface area contributed by atoms with Crippen molar-refractivity contribution in [2.45, 2.75) is 22.6 Å². The van der Waals surface area contributed by atoms with Crippen molar-refractivity contribution in [2.75, 3.05) is 20.3 Å². The second-order valence-corrected chi connectivity index (χ2v) is 5.56. The number of rotatable bonds is 6. The third-order valence-electron chi connectivity index (χ3n) is 1.87. The fourth-order valence-electron chi connectivity index (χ4n) is 1.08. The van der Waals surface area contributed by atoms with Crippen LogP contribution in [0.5, 0.6) is 0 Å². The first kappa shape index (κ1) is 12.9. The summed E-state index contributed by atoms with van der Waals surface area (Å²) < 4.78 is 5.91. The zero-order valence-electron chi connectivity index (χ0n) is 8.84. The van der Waals surface area contributed by atoms with Crippen molar-refractivity contribution in [3.8, 4) is 0 Å². The average molecular weight is 248 g/mol. The molecule has 1 rings (SSSR count). The zero-order chi connectivity index (χ0) is 11.3. The summed E-state index contributed by atoms with van der Waals surface area (Å²) in [6.07, 6.45) is 0. The van der Waals surface area contributed by atoms with Gasteiger partial charge in [-0.05, 0) is 6.92 Å². The molecule has 0 radical (unpaired) electrons. The molecule has 0 saturated heterocycles. The summed E-state index contributed by atoms with van der Waals surface area (Å²) >= 11 is 3.08. The highest BCUT2D eigenvalue weighted by atomic mass is 32.2. The predicted molar refractivity (Wildman–Crippen MR) is 63.4 cm³/mol. The number of aromatic nitrogens is 1. The highest BCUT2D eigenvalue weighted by molar-refractivity contribution is 8.01. The molecule has 2 atom stereocenters. The lowest BCUT2D eigenvalue weighted by atomic mass is 10.2. The van der Waals surface area contributed by atoms with Crippen molar-refractivity contribution >= 4 is 23.1 Å². The second-order valence-electron chi connectivity index (χ2n) is 3.21. The quantitative estimate of drug-likeness (QED) is 0.731. The Balaban J connectivity index is 2.53. The molecule has 0 bridgehead atoms. The van der Waals surface area contributed by atoms with E-state index >= 15 is 0 Å². The molecule has 4 nitrogen and oxygen atoms in total. The molecule has 0 amide bonds. The van der Waals surface area contributed by atoms with Gasteiger partial charge in [0.1, 0.15) is 0 Å². The number of nitrogens with zero attached hydrogens (tertiary/aromatic N) is 1. The van der Waals surface area contributed by atoms with Gasteiger partial charge in [0, 0.05) is 24.2 Å². The van der Waals surface area contributed by atoms with E-state index in [1.807, 2.05) is 12.3 Å². The van der Waals surface area contributed by atoms with E-state index in [9.17, 15) is 5.11 Å². The lowest BCUT2D eigenvalue weighted by Crippen LogP contribution is -2.38. The van der Waals surface area contributed by atoms with Crippen molar-refractivity contribution in [1.29, 1.82) is 0 Å². The van der Waals surface area contributed by atoms with E-state index in [1.54, 1.807) is 18.4 Å². The van der Waals surface area contributed by atoms with Crippen molar-refractivity contribution in [3.63, 3.8) is 0 Å². The van der Waals surface area contributed by atoms with Gasteiger partial charge in [-0.3, -0.25) is 0 Å². The predicted octanol–water partition coefficient (Wildman–Crippen LogP) is 0.878. The van der Waals surface area contributed by atoms with Crippen LogP contribution in [0, 0.1) is 6.92 Å². The maximum Gasteiger partial charge on any atom is 0.150 e. The van der Waals surface area contributed by atoms with E-state index in [0.29, 0.717) is 6.61 Å². The molecule has 0 aliphatic rings. The number of methoxy groups -OCH3 is 1. The number of nitrogens with two attached hydrogens (primary N) is 1. The van der Waals surface area contributed by atoms with Gasteiger partial charge in [0.2, 0.25) is 0 Å². The van der Waals surface area contributed by atoms with Crippen LogP contribution in [0.25, 0.3) is 0 Å². The summed E-state index contributed by atoms with van der Waals surface area (Å²) in [5, 5.41) is 11.1. The fourth-order valence-corrected chi connectivity index (χ4v) is 3.12. The molecule has 0 saturated carbocycles. The molecule has 1 heterocycles. The Labute approximate surface area is 97.9 Å². The molecule has 86 valence electrons. The Morgan fingerprint density at radius 3 is 2.93 bits per heavy atom. The molecule has 15 heavy (non-hydrogen) atoms. The smallest absolute Gasteiger partial charge is 0.150 e. The number of aliphatic hydroxyl groups excluding tert-OH is 1. The summed E-state index contributed by atoms with van der Waals surface area (Å²) in [5.41, 5.74) is 6.86. The van der Waals surface area contributed by atoms with Crippen LogP contribution in [0.4, 0.5) is 0 Å². The van der Waals surface area contributed by atoms with E-state index in [0.717, 1.165) is 10.0 Å². The first-order valence-corrected chi connectivity index (χ1v) is 6.37. The van der Waals surface area contributed by atoms with E-state index in [2.05, 4.69) is 4.98 Å². The topological polar surface area (TPSA) is 68.4 Å². The minimum Gasteiger partial charge on any atom is -0.395 e. The summed E-state index contributed by atoms with van der Waals surface area (Å²) in [7, 11) is 1.60. The van der Waals surface area contributed by atoms with Gasteiger partial charge < -0.3 is 15.6 Å². The van der Waals surface area contributed by atoms with E-state index in [4.69, 9.17) is 10.5 Å². The van der Waals surface area contributed by atoms with Gasteiger partial charge in [0.05, 0.1) is 18.5 Å². The number of thioether (sulfide) groups is 1. The molecule has 0 aromatic carbocycles. The van der Waals surface area contributed by atoms with Gasteiger partial charge in [-0.25, -0.2) is 4.98 Å². The van der Waals surface area contributed by atoms with Crippen LogP contribution >= 0.6 is 23.1 Å².